The molecular weight excluding hydrogens is 220 g/mol. The molecule has 2 heteroatoms. The maximum absolute atomic E-state index is 5.92. The van der Waals surface area contributed by atoms with Crippen LogP contribution in [0.1, 0.15) is 51.2 Å². The van der Waals surface area contributed by atoms with Gasteiger partial charge in [0.15, 0.2) is 0 Å². The van der Waals surface area contributed by atoms with E-state index in [1.54, 1.807) is 0 Å². The van der Waals surface area contributed by atoms with Crippen molar-refractivity contribution >= 4 is 5.69 Å². The number of hydrogen-bond donors (Lipinski definition) is 1. The fraction of sp³-hybridized carbons (Fsp3) is 0.625. The van der Waals surface area contributed by atoms with Crippen LogP contribution in [0.5, 0.6) is 0 Å². The Morgan fingerprint density at radius 2 is 2.06 bits per heavy atom. The predicted molar refractivity (Wildman–Crippen MR) is 78.7 cm³/mol. The highest BCUT2D eigenvalue weighted by Gasteiger charge is 2.31. The maximum Gasteiger partial charge on any atom is 0.0317 e. The molecule has 0 spiro atoms. The van der Waals surface area contributed by atoms with Crippen LogP contribution in [0, 0.1) is 0 Å². The van der Waals surface area contributed by atoms with Gasteiger partial charge in [0.25, 0.3) is 0 Å². The maximum atomic E-state index is 5.92. The zero-order chi connectivity index (χ0) is 13.2. The summed E-state index contributed by atoms with van der Waals surface area (Å²) in [6, 6.07) is 6.41. The molecule has 1 aromatic carbocycles. The molecule has 0 atom stereocenters. The molecule has 0 aromatic heterocycles. The summed E-state index contributed by atoms with van der Waals surface area (Å²) < 4.78 is 0. The topological polar surface area (TPSA) is 29.3 Å². The number of nitrogen functional groups attached to an aromatic ring is 1. The Bertz CT molecular complexity index is 410. The van der Waals surface area contributed by atoms with Gasteiger partial charge in [-0.05, 0) is 36.2 Å². The second-order valence-corrected chi connectivity index (χ2v) is 6.22. The summed E-state index contributed by atoms with van der Waals surface area (Å²) in [6.45, 7) is 10.4. The van der Waals surface area contributed by atoms with Crippen LogP contribution >= 0.6 is 0 Å². The van der Waals surface area contributed by atoms with Crippen molar-refractivity contribution in [3.05, 3.63) is 29.3 Å². The van der Waals surface area contributed by atoms with Gasteiger partial charge in [-0.1, -0.05) is 39.7 Å². The third kappa shape index (κ3) is 2.86. The molecule has 0 amide bonds. The van der Waals surface area contributed by atoms with Crippen molar-refractivity contribution in [2.45, 2.75) is 52.0 Å². The minimum Gasteiger partial charge on any atom is -0.399 e. The molecule has 0 saturated carbocycles. The number of rotatable bonds is 4. The van der Waals surface area contributed by atoms with Gasteiger partial charge in [0.1, 0.15) is 0 Å². The zero-order valence-electron chi connectivity index (χ0n) is 12.0. The van der Waals surface area contributed by atoms with Gasteiger partial charge < -0.3 is 5.73 Å². The summed E-state index contributed by atoms with van der Waals surface area (Å²) in [5.41, 5.74) is 9.95. The predicted octanol–water partition coefficient (Wildman–Crippen LogP) is 3.55. The van der Waals surface area contributed by atoms with Crippen molar-refractivity contribution in [3.63, 3.8) is 0 Å². The monoisotopic (exact) mass is 246 g/mol. The van der Waals surface area contributed by atoms with E-state index in [0.29, 0.717) is 0 Å². The van der Waals surface area contributed by atoms with Gasteiger partial charge in [-0.25, -0.2) is 0 Å². The van der Waals surface area contributed by atoms with E-state index in [1.807, 2.05) is 6.07 Å². The lowest BCUT2D eigenvalue weighted by atomic mass is 9.78. The van der Waals surface area contributed by atoms with Gasteiger partial charge in [0.05, 0.1) is 0 Å². The van der Waals surface area contributed by atoms with Gasteiger partial charge in [0.2, 0.25) is 0 Å². The second-order valence-electron chi connectivity index (χ2n) is 6.22. The second kappa shape index (κ2) is 5.31. The first kappa shape index (κ1) is 13.4. The molecule has 0 bridgehead atoms. The van der Waals surface area contributed by atoms with Crippen LogP contribution in [0.4, 0.5) is 5.69 Å². The Balaban J connectivity index is 2.14. The Kier molecular flexibility index (Phi) is 3.96. The molecular formula is C16H26N2. The molecule has 18 heavy (non-hydrogen) atoms. The molecule has 0 aliphatic carbocycles. The number of fused-ring (bicyclic) bond motifs is 1. The first-order valence-electron chi connectivity index (χ1n) is 7.14. The van der Waals surface area contributed by atoms with E-state index in [4.69, 9.17) is 5.73 Å². The van der Waals surface area contributed by atoms with E-state index < -0.39 is 0 Å². The smallest absolute Gasteiger partial charge is 0.0317 e. The molecule has 0 unspecified atom stereocenters. The summed E-state index contributed by atoms with van der Waals surface area (Å²) >= 11 is 0. The Hall–Kier alpha value is -1.02. The molecule has 0 fully saturated rings. The Morgan fingerprint density at radius 3 is 2.78 bits per heavy atom. The highest BCUT2D eigenvalue weighted by atomic mass is 15.1. The standard InChI is InChI=1S/C16H26N2/c1-4-5-6-9-18-11-13-10-14(17)7-8-15(13)16(2,3)12-18/h7-8,10H,4-6,9,11-12,17H2,1-3H3. The SMILES string of the molecule is CCCCCN1Cc2cc(N)ccc2C(C)(C)C1. The molecule has 0 saturated heterocycles. The third-order valence-electron chi connectivity index (χ3n) is 3.95. The largest absolute Gasteiger partial charge is 0.399 e. The van der Waals surface area contributed by atoms with Crippen LogP contribution in [-0.4, -0.2) is 18.0 Å². The van der Waals surface area contributed by atoms with Gasteiger partial charge in [-0.3, -0.25) is 4.90 Å². The van der Waals surface area contributed by atoms with Crippen LogP contribution in [0.15, 0.2) is 18.2 Å². The fourth-order valence-electron chi connectivity index (χ4n) is 3.09. The van der Waals surface area contributed by atoms with Crippen LogP contribution in [0.2, 0.25) is 0 Å². The first-order chi connectivity index (χ1) is 8.53. The summed E-state index contributed by atoms with van der Waals surface area (Å²) in [5, 5.41) is 0. The minimum atomic E-state index is 0.244. The van der Waals surface area contributed by atoms with E-state index in [-0.39, 0.29) is 5.41 Å². The van der Waals surface area contributed by atoms with Gasteiger partial charge >= 0.3 is 0 Å². The lowest BCUT2D eigenvalue weighted by Gasteiger charge is -2.40. The molecule has 1 aromatic rings. The van der Waals surface area contributed by atoms with Gasteiger partial charge in [0, 0.05) is 24.2 Å². The first-order valence-corrected chi connectivity index (χ1v) is 7.14. The number of unbranched alkanes of at least 4 members (excludes halogenated alkanes) is 2. The van der Waals surface area contributed by atoms with E-state index >= 15 is 0 Å². The number of nitrogens with two attached hydrogens (primary N) is 1. The zero-order valence-corrected chi connectivity index (χ0v) is 12.0. The van der Waals surface area contributed by atoms with Crippen molar-refractivity contribution in [1.82, 2.24) is 4.90 Å². The lowest BCUT2D eigenvalue weighted by Crippen LogP contribution is -2.42. The number of anilines is 1. The normalized spacial score (nSPS) is 18.6. The van der Waals surface area contributed by atoms with E-state index in [1.165, 1.54) is 36.9 Å². The van der Waals surface area contributed by atoms with Gasteiger partial charge in [-0.2, -0.15) is 0 Å². The van der Waals surface area contributed by atoms with Crippen molar-refractivity contribution in [3.8, 4) is 0 Å². The van der Waals surface area contributed by atoms with Gasteiger partial charge in [-0.15, -0.1) is 0 Å². The molecule has 100 valence electrons. The molecule has 0 radical (unpaired) electrons. The van der Waals surface area contributed by atoms with Crippen LogP contribution in [-0.2, 0) is 12.0 Å². The molecule has 1 aliphatic rings. The Labute approximate surface area is 111 Å². The highest BCUT2D eigenvalue weighted by molar-refractivity contribution is 5.48. The lowest BCUT2D eigenvalue weighted by molar-refractivity contribution is 0.191. The number of benzene rings is 1. The van der Waals surface area contributed by atoms with E-state index in [0.717, 1.165) is 18.8 Å². The van der Waals surface area contributed by atoms with Crippen LogP contribution in [0.3, 0.4) is 0 Å². The molecule has 2 N–H and O–H groups in total. The van der Waals surface area contributed by atoms with Crippen molar-refractivity contribution in [2.75, 3.05) is 18.8 Å². The number of nitrogens with zero attached hydrogens (tertiary/aromatic N) is 1. The van der Waals surface area contributed by atoms with Crippen LogP contribution in [0.25, 0.3) is 0 Å². The molecule has 2 nitrogen and oxygen atoms in total. The third-order valence-corrected chi connectivity index (χ3v) is 3.95. The minimum absolute atomic E-state index is 0.244. The van der Waals surface area contributed by atoms with E-state index in [2.05, 4.69) is 37.8 Å². The highest BCUT2D eigenvalue weighted by Crippen LogP contribution is 2.34. The summed E-state index contributed by atoms with van der Waals surface area (Å²) in [4.78, 5) is 2.58. The average Bonchev–Trinajstić information content (AvgIpc) is 2.27. The van der Waals surface area contributed by atoms with Crippen molar-refractivity contribution < 1.29 is 0 Å². The van der Waals surface area contributed by atoms with E-state index in [9.17, 15) is 0 Å². The molecule has 2 rings (SSSR count). The average molecular weight is 246 g/mol. The quantitative estimate of drug-likeness (QED) is 0.650. The van der Waals surface area contributed by atoms with Crippen LogP contribution < -0.4 is 5.73 Å². The molecule has 1 aliphatic heterocycles. The summed E-state index contributed by atoms with van der Waals surface area (Å²) in [7, 11) is 0. The fourth-order valence-corrected chi connectivity index (χ4v) is 3.09. The van der Waals surface area contributed by atoms with Crippen molar-refractivity contribution in [1.29, 1.82) is 0 Å². The summed E-state index contributed by atoms with van der Waals surface area (Å²) in [5.74, 6) is 0. The van der Waals surface area contributed by atoms with Crippen molar-refractivity contribution in [2.24, 2.45) is 0 Å². The number of hydrogen-bond acceptors (Lipinski definition) is 2. The Morgan fingerprint density at radius 1 is 1.28 bits per heavy atom. The molecule has 1 heterocycles. The summed E-state index contributed by atoms with van der Waals surface area (Å²) in [6.07, 6.45) is 3.94.